The van der Waals surface area contributed by atoms with Crippen LogP contribution in [0.5, 0.6) is 5.75 Å². The van der Waals surface area contributed by atoms with Crippen molar-refractivity contribution in [3.63, 3.8) is 0 Å². The van der Waals surface area contributed by atoms with Gasteiger partial charge in [-0.05, 0) is 47.0 Å². The molecule has 1 aromatic carbocycles. The van der Waals surface area contributed by atoms with Crippen molar-refractivity contribution in [3.05, 3.63) is 34.1 Å². The molecule has 1 fully saturated rings. The lowest BCUT2D eigenvalue weighted by Gasteiger charge is -2.15. The molecular formula is C16H15BrF3N3O2. The summed E-state index contributed by atoms with van der Waals surface area (Å²) in [6, 6.07) is 3.93. The van der Waals surface area contributed by atoms with Gasteiger partial charge >= 0.3 is 6.36 Å². The van der Waals surface area contributed by atoms with Crippen molar-refractivity contribution in [3.8, 4) is 17.1 Å². The van der Waals surface area contributed by atoms with Crippen molar-refractivity contribution < 1.29 is 22.7 Å². The Balaban J connectivity index is 2.11. The monoisotopic (exact) mass is 417 g/mol. The van der Waals surface area contributed by atoms with E-state index in [-0.39, 0.29) is 11.1 Å². The van der Waals surface area contributed by atoms with Gasteiger partial charge < -0.3 is 14.6 Å². The second kappa shape index (κ2) is 6.36. The van der Waals surface area contributed by atoms with Crippen LogP contribution in [0.3, 0.4) is 0 Å². The molecule has 0 unspecified atom stereocenters. The minimum absolute atomic E-state index is 0.0705. The van der Waals surface area contributed by atoms with Gasteiger partial charge in [0.15, 0.2) is 0 Å². The molecule has 134 valence electrons. The van der Waals surface area contributed by atoms with Crippen molar-refractivity contribution >= 4 is 21.8 Å². The lowest BCUT2D eigenvalue weighted by Crippen LogP contribution is -2.20. The minimum atomic E-state index is -4.88. The van der Waals surface area contributed by atoms with Crippen LogP contribution in [0.2, 0.25) is 0 Å². The Morgan fingerprint density at radius 3 is 2.64 bits per heavy atom. The number of ether oxygens (including phenoxy) is 1. The molecule has 1 aliphatic carbocycles. The number of amides is 1. The van der Waals surface area contributed by atoms with Gasteiger partial charge in [0, 0.05) is 25.6 Å². The standard InChI is InChI=1S/C16H15BrF3N3O2/c1-21-15(24)9-5-6-10(11(7-9)25-16(18,19)20)14-22-13(17)12(23(14)2)8-3-4-8/h5-8H,3-4H2,1-2H3,(H,21,24). The molecular weight excluding hydrogens is 403 g/mol. The summed E-state index contributed by atoms with van der Waals surface area (Å²) in [5.74, 6) is -0.260. The van der Waals surface area contributed by atoms with Crippen LogP contribution in [0.25, 0.3) is 11.4 Å². The molecule has 0 aliphatic heterocycles. The summed E-state index contributed by atoms with van der Waals surface area (Å²) < 4.78 is 45.0. The van der Waals surface area contributed by atoms with E-state index in [0.717, 1.165) is 24.6 Å². The van der Waals surface area contributed by atoms with Crippen molar-refractivity contribution in [2.75, 3.05) is 7.05 Å². The highest BCUT2D eigenvalue weighted by molar-refractivity contribution is 9.10. The molecule has 5 nitrogen and oxygen atoms in total. The van der Waals surface area contributed by atoms with E-state index in [1.54, 1.807) is 11.6 Å². The number of aromatic nitrogens is 2. The number of carbonyl (C=O) groups excluding carboxylic acids is 1. The fourth-order valence-electron chi connectivity index (χ4n) is 2.72. The first kappa shape index (κ1) is 17.8. The number of hydrogen-bond donors (Lipinski definition) is 1. The summed E-state index contributed by atoms with van der Waals surface area (Å²) in [5.41, 5.74) is 1.18. The number of rotatable bonds is 4. The molecule has 3 rings (SSSR count). The molecule has 0 bridgehead atoms. The third-order valence-electron chi connectivity index (χ3n) is 4.00. The maximum atomic E-state index is 12.8. The van der Waals surface area contributed by atoms with Gasteiger partial charge in [-0.2, -0.15) is 0 Å². The number of alkyl halides is 3. The molecule has 1 amide bonds. The average molecular weight is 418 g/mol. The van der Waals surface area contributed by atoms with E-state index >= 15 is 0 Å². The second-order valence-corrected chi connectivity index (χ2v) is 6.53. The lowest BCUT2D eigenvalue weighted by atomic mass is 10.1. The van der Waals surface area contributed by atoms with Gasteiger partial charge in [0.1, 0.15) is 16.2 Å². The molecule has 1 saturated carbocycles. The number of carbonyl (C=O) groups is 1. The molecule has 1 aliphatic rings. The predicted molar refractivity (Wildman–Crippen MR) is 88.4 cm³/mol. The normalized spacial score (nSPS) is 14.5. The van der Waals surface area contributed by atoms with E-state index in [1.807, 2.05) is 0 Å². The second-order valence-electron chi connectivity index (χ2n) is 5.78. The molecule has 1 aromatic heterocycles. The number of nitrogens with zero attached hydrogens (tertiary/aromatic N) is 2. The molecule has 9 heteroatoms. The fourth-order valence-corrected chi connectivity index (χ4v) is 3.48. The summed E-state index contributed by atoms with van der Waals surface area (Å²) in [6.45, 7) is 0. The predicted octanol–water partition coefficient (Wildman–Crippen LogP) is 3.99. The Morgan fingerprint density at radius 2 is 2.08 bits per heavy atom. The largest absolute Gasteiger partial charge is 0.573 e. The third-order valence-corrected chi connectivity index (χ3v) is 4.58. The Bertz CT molecular complexity index is 829. The summed E-state index contributed by atoms with van der Waals surface area (Å²) in [6.07, 6.45) is -2.82. The van der Waals surface area contributed by atoms with E-state index in [4.69, 9.17) is 0 Å². The Labute approximate surface area is 150 Å². The van der Waals surface area contributed by atoms with Gasteiger partial charge in [0.25, 0.3) is 5.91 Å². The first-order valence-electron chi connectivity index (χ1n) is 7.55. The maximum Gasteiger partial charge on any atom is 0.573 e. The topological polar surface area (TPSA) is 56.2 Å². The van der Waals surface area contributed by atoms with Crippen LogP contribution in [-0.2, 0) is 7.05 Å². The SMILES string of the molecule is CNC(=O)c1ccc(-c2nc(Br)c(C3CC3)n2C)c(OC(F)(F)F)c1. The minimum Gasteiger partial charge on any atom is -0.405 e. The molecule has 0 atom stereocenters. The Hall–Kier alpha value is -2.03. The van der Waals surface area contributed by atoms with Crippen molar-refractivity contribution in [2.24, 2.45) is 7.05 Å². The zero-order valence-electron chi connectivity index (χ0n) is 13.4. The summed E-state index contributed by atoms with van der Waals surface area (Å²) in [4.78, 5) is 16.1. The van der Waals surface area contributed by atoms with Gasteiger partial charge in [-0.25, -0.2) is 4.98 Å². The smallest absolute Gasteiger partial charge is 0.405 e. The van der Waals surface area contributed by atoms with Crippen molar-refractivity contribution in [1.82, 2.24) is 14.9 Å². The van der Waals surface area contributed by atoms with Gasteiger partial charge in [-0.1, -0.05) is 0 Å². The maximum absolute atomic E-state index is 12.8. The molecule has 25 heavy (non-hydrogen) atoms. The Kier molecular flexibility index (Phi) is 4.52. The zero-order valence-corrected chi connectivity index (χ0v) is 15.0. The molecule has 2 aromatic rings. The third kappa shape index (κ3) is 3.65. The van der Waals surface area contributed by atoms with Crippen LogP contribution in [0.1, 0.15) is 34.8 Å². The lowest BCUT2D eigenvalue weighted by molar-refractivity contribution is -0.274. The molecule has 0 radical (unpaired) electrons. The number of hydrogen-bond acceptors (Lipinski definition) is 3. The van der Waals surface area contributed by atoms with Gasteiger partial charge in [-0.3, -0.25) is 4.79 Å². The quantitative estimate of drug-likeness (QED) is 0.818. The van der Waals surface area contributed by atoms with Crippen LogP contribution in [0.15, 0.2) is 22.8 Å². The van der Waals surface area contributed by atoms with Crippen molar-refractivity contribution in [1.29, 1.82) is 0 Å². The van der Waals surface area contributed by atoms with Crippen LogP contribution in [-0.4, -0.2) is 28.9 Å². The highest BCUT2D eigenvalue weighted by Gasteiger charge is 2.35. The molecule has 0 spiro atoms. The number of benzene rings is 1. The van der Waals surface area contributed by atoms with E-state index < -0.39 is 18.0 Å². The molecule has 1 heterocycles. The van der Waals surface area contributed by atoms with E-state index in [2.05, 4.69) is 31.0 Å². The first-order chi connectivity index (χ1) is 11.7. The van der Waals surface area contributed by atoms with Crippen LogP contribution < -0.4 is 10.1 Å². The van der Waals surface area contributed by atoms with Gasteiger partial charge in [0.2, 0.25) is 0 Å². The van der Waals surface area contributed by atoms with Crippen LogP contribution >= 0.6 is 15.9 Å². The van der Waals surface area contributed by atoms with Crippen LogP contribution in [0.4, 0.5) is 13.2 Å². The molecule has 0 saturated heterocycles. The zero-order chi connectivity index (χ0) is 18.4. The summed E-state index contributed by atoms with van der Waals surface area (Å²) in [5, 5.41) is 2.37. The summed E-state index contributed by atoms with van der Waals surface area (Å²) >= 11 is 3.38. The number of halogens is 4. The molecule has 1 N–H and O–H groups in total. The van der Waals surface area contributed by atoms with E-state index in [0.29, 0.717) is 16.3 Å². The first-order valence-corrected chi connectivity index (χ1v) is 8.35. The van der Waals surface area contributed by atoms with Gasteiger partial charge in [-0.15, -0.1) is 13.2 Å². The number of imidazole rings is 1. The van der Waals surface area contributed by atoms with E-state index in [1.165, 1.54) is 19.2 Å². The Morgan fingerprint density at radius 1 is 1.40 bits per heavy atom. The van der Waals surface area contributed by atoms with Crippen molar-refractivity contribution in [2.45, 2.75) is 25.1 Å². The average Bonchev–Trinajstić information content (AvgIpc) is 3.31. The van der Waals surface area contributed by atoms with E-state index in [9.17, 15) is 18.0 Å². The number of nitrogens with one attached hydrogen (secondary N) is 1. The fraction of sp³-hybridized carbons (Fsp3) is 0.375. The summed E-state index contributed by atoms with van der Waals surface area (Å²) in [7, 11) is 3.16. The van der Waals surface area contributed by atoms with Crippen LogP contribution in [0, 0.1) is 0 Å². The van der Waals surface area contributed by atoms with Gasteiger partial charge in [0.05, 0.1) is 11.3 Å². The highest BCUT2D eigenvalue weighted by Crippen LogP contribution is 2.45. The highest BCUT2D eigenvalue weighted by atomic mass is 79.9.